The number of nitrogens with one attached hydrogen (secondary N) is 2. The first kappa shape index (κ1) is 26.8. The summed E-state index contributed by atoms with van der Waals surface area (Å²) in [6.45, 7) is 3.91. The molecule has 2 aliphatic rings. The number of hydrogen-bond donors (Lipinski definition) is 2. The van der Waals surface area contributed by atoms with E-state index < -0.39 is 11.9 Å². The lowest BCUT2D eigenvalue weighted by Crippen LogP contribution is -2.45. The van der Waals surface area contributed by atoms with Gasteiger partial charge in [0.05, 0.1) is 43.2 Å². The summed E-state index contributed by atoms with van der Waals surface area (Å²) in [7, 11) is 4.10. The van der Waals surface area contributed by atoms with Gasteiger partial charge in [0, 0.05) is 51.4 Å². The van der Waals surface area contributed by atoms with Gasteiger partial charge in [-0.15, -0.1) is 0 Å². The van der Waals surface area contributed by atoms with Crippen molar-refractivity contribution in [1.29, 1.82) is 0 Å². The first-order valence-electron chi connectivity index (χ1n) is 11.5. The standard InChI is InChI=1S/C24H32ClN3O7/c1-32-11-4-8-28-9-5-15(6-10-28)26-23(30)17-13-18(25)21(16-7-12-35-22(16)17)27-19(24(31)34-3)14-20(29)33-2/h13-15,27H,4-12H2,1-3H3,(H,26,30)/b19-14+. The second kappa shape index (κ2) is 12.8. The number of nitrogens with zero attached hydrogens (tertiary/aromatic N) is 1. The molecule has 1 aromatic rings. The SMILES string of the molecule is COCCCN1CCC(NC(=O)c2cc(Cl)c(N/C(=C/C(=O)OC)C(=O)OC)c3c2OCC3)CC1. The summed E-state index contributed by atoms with van der Waals surface area (Å²) in [4.78, 5) is 39.4. The maximum Gasteiger partial charge on any atom is 0.354 e. The van der Waals surface area contributed by atoms with Gasteiger partial charge >= 0.3 is 11.9 Å². The van der Waals surface area contributed by atoms with Crippen LogP contribution in [0.25, 0.3) is 0 Å². The van der Waals surface area contributed by atoms with E-state index in [2.05, 4.69) is 20.3 Å². The van der Waals surface area contributed by atoms with Gasteiger partial charge in [0.1, 0.15) is 11.4 Å². The van der Waals surface area contributed by atoms with Crippen molar-refractivity contribution in [2.75, 3.05) is 59.5 Å². The van der Waals surface area contributed by atoms with Gasteiger partial charge < -0.3 is 34.5 Å². The van der Waals surface area contributed by atoms with Crippen LogP contribution in [0.15, 0.2) is 17.8 Å². The number of hydrogen-bond acceptors (Lipinski definition) is 9. The quantitative estimate of drug-likeness (QED) is 0.278. The molecule has 0 radical (unpaired) electrons. The predicted molar refractivity (Wildman–Crippen MR) is 130 cm³/mol. The molecule has 0 unspecified atom stereocenters. The summed E-state index contributed by atoms with van der Waals surface area (Å²) in [6.07, 6.45) is 4.16. The summed E-state index contributed by atoms with van der Waals surface area (Å²) < 4.78 is 20.2. The average Bonchev–Trinajstić information content (AvgIpc) is 3.35. The van der Waals surface area contributed by atoms with Crippen LogP contribution in [0.4, 0.5) is 5.69 Å². The van der Waals surface area contributed by atoms with Gasteiger partial charge in [-0.25, -0.2) is 9.59 Å². The molecule has 0 spiro atoms. The van der Waals surface area contributed by atoms with Gasteiger partial charge in [-0.05, 0) is 25.3 Å². The third-order valence-electron chi connectivity index (χ3n) is 6.05. The highest BCUT2D eigenvalue weighted by atomic mass is 35.5. The van der Waals surface area contributed by atoms with Crippen molar-refractivity contribution in [2.45, 2.75) is 31.7 Å². The minimum absolute atomic E-state index is 0.0590. The molecule has 2 aliphatic heterocycles. The van der Waals surface area contributed by atoms with Crippen LogP contribution >= 0.6 is 11.6 Å². The number of carbonyl (C=O) groups excluding carboxylic acids is 3. The Balaban J connectivity index is 1.74. The molecular weight excluding hydrogens is 478 g/mol. The largest absolute Gasteiger partial charge is 0.492 e. The average molecular weight is 510 g/mol. The summed E-state index contributed by atoms with van der Waals surface area (Å²) in [5.74, 6) is -1.35. The fourth-order valence-electron chi connectivity index (χ4n) is 4.21. The van der Waals surface area contributed by atoms with Gasteiger partial charge in [-0.3, -0.25) is 4.79 Å². The molecular formula is C24H32ClN3O7. The molecule has 1 fully saturated rings. The Labute approximate surface area is 209 Å². The zero-order valence-electron chi connectivity index (χ0n) is 20.3. The van der Waals surface area contributed by atoms with Crippen molar-refractivity contribution < 1.29 is 33.3 Å². The Morgan fingerprint density at radius 3 is 2.60 bits per heavy atom. The molecule has 2 heterocycles. The lowest BCUT2D eigenvalue weighted by Gasteiger charge is -2.32. The van der Waals surface area contributed by atoms with E-state index >= 15 is 0 Å². The highest BCUT2D eigenvalue weighted by Gasteiger charge is 2.29. The minimum Gasteiger partial charge on any atom is -0.492 e. The Morgan fingerprint density at radius 1 is 1.20 bits per heavy atom. The summed E-state index contributed by atoms with van der Waals surface area (Å²) in [5, 5.41) is 6.18. The summed E-state index contributed by atoms with van der Waals surface area (Å²) in [5.41, 5.74) is 1.22. The second-order valence-electron chi connectivity index (χ2n) is 8.32. The van der Waals surface area contributed by atoms with Crippen LogP contribution in [0.3, 0.4) is 0 Å². The van der Waals surface area contributed by atoms with E-state index in [1.807, 2.05) is 0 Å². The zero-order chi connectivity index (χ0) is 25.4. The second-order valence-corrected chi connectivity index (χ2v) is 8.73. The van der Waals surface area contributed by atoms with Crippen LogP contribution < -0.4 is 15.4 Å². The molecule has 10 nitrogen and oxygen atoms in total. The van der Waals surface area contributed by atoms with E-state index in [-0.39, 0.29) is 22.7 Å². The van der Waals surface area contributed by atoms with Crippen LogP contribution in [0.5, 0.6) is 5.75 Å². The molecule has 0 aromatic heterocycles. The third kappa shape index (κ3) is 6.87. The number of ether oxygens (including phenoxy) is 4. The first-order chi connectivity index (χ1) is 16.9. The van der Waals surface area contributed by atoms with Gasteiger partial charge in [-0.2, -0.15) is 0 Å². The Bertz CT molecular complexity index is 974. The third-order valence-corrected chi connectivity index (χ3v) is 6.35. The topological polar surface area (TPSA) is 115 Å². The number of esters is 2. The lowest BCUT2D eigenvalue weighted by molar-refractivity contribution is -0.138. The highest BCUT2D eigenvalue weighted by molar-refractivity contribution is 6.34. The molecule has 2 N–H and O–H groups in total. The van der Waals surface area contributed by atoms with Crippen LogP contribution in [-0.2, 0) is 30.2 Å². The number of piperidine rings is 1. The fourth-order valence-corrected chi connectivity index (χ4v) is 4.48. The molecule has 0 aliphatic carbocycles. The zero-order valence-corrected chi connectivity index (χ0v) is 21.0. The number of likely N-dealkylation sites (tertiary alicyclic amines) is 1. The van der Waals surface area contributed by atoms with E-state index in [9.17, 15) is 14.4 Å². The molecule has 35 heavy (non-hydrogen) atoms. The van der Waals surface area contributed by atoms with Gasteiger partial charge in [0.15, 0.2) is 0 Å². The number of fused-ring (bicyclic) bond motifs is 1. The van der Waals surface area contributed by atoms with E-state index in [1.165, 1.54) is 20.3 Å². The van der Waals surface area contributed by atoms with E-state index in [4.69, 9.17) is 25.8 Å². The Hall–Kier alpha value is -2.82. The smallest absolute Gasteiger partial charge is 0.354 e. The maximum absolute atomic E-state index is 13.1. The molecule has 0 saturated carbocycles. The molecule has 0 bridgehead atoms. The van der Waals surface area contributed by atoms with Crippen molar-refractivity contribution in [3.05, 3.63) is 34.0 Å². The Kier molecular flexibility index (Phi) is 9.76. The number of halogens is 1. The normalized spacial score (nSPS) is 16.3. The number of benzene rings is 1. The fraction of sp³-hybridized carbons (Fsp3) is 0.542. The molecule has 1 amide bonds. The van der Waals surface area contributed by atoms with Crippen LogP contribution in [-0.4, -0.2) is 83.0 Å². The molecule has 11 heteroatoms. The number of amides is 1. The maximum atomic E-state index is 13.1. The van der Waals surface area contributed by atoms with Crippen molar-refractivity contribution in [1.82, 2.24) is 10.2 Å². The van der Waals surface area contributed by atoms with Crippen molar-refractivity contribution in [3.63, 3.8) is 0 Å². The predicted octanol–water partition coefficient (Wildman–Crippen LogP) is 2.15. The molecule has 1 saturated heterocycles. The van der Waals surface area contributed by atoms with Crippen LogP contribution in [0.2, 0.25) is 5.02 Å². The van der Waals surface area contributed by atoms with Crippen molar-refractivity contribution in [2.24, 2.45) is 0 Å². The molecule has 192 valence electrons. The molecule has 1 aromatic carbocycles. The number of anilines is 1. The summed E-state index contributed by atoms with van der Waals surface area (Å²) >= 11 is 6.53. The highest BCUT2D eigenvalue weighted by Crippen LogP contribution is 2.41. The van der Waals surface area contributed by atoms with Crippen molar-refractivity contribution >= 4 is 35.1 Å². The Morgan fingerprint density at radius 2 is 1.94 bits per heavy atom. The van der Waals surface area contributed by atoms with Gasteiger partial charge in [0.25, 0.3) is 5.91 Å². The molecule has 3 rings (SSSR count). The number of methoxy groups -OCH3 is 3. The number of rotatable bonds is 10. The first-order valence-corrected chi connectivity index (χ1v) is 11.9. The van der Waals surface area contributed by atoms with Crippen molar-refractivity contribution in [3.8, 4) is 5.75 Å². The lowest BCUT2D eigenvalue weighted by atomic mass is 10.0. The van der Waals surface area contributed by atoms with Crippen LogP contribution in [0.1, 0.15) is 35.2 Å². The monoisotopic (exact) mass is 509 g/mol. The van der Waals surface area contributed by atoms with E-state index in [0.717, 1.165) is 51.6 Å². The van der Waals surface area contributed by atoms with E-state index in [1.54, 1.807) is 7.11 Å². The molecule has 0 atom stereocenters. The summed E-state index contributed by atoms with van der Waals surface area (Å²) in [6, 6.07) is 1.57. The van der Waals surface area contributed by atoms with E-state index in [0.29, 0.717) is 35.6 Å². The number of carbonyl (C=O) groups is 3. The van der Waals surface area contributed by atoms with Gasteiger partial charge in [0.2, 0.25) is 0 Å². The van der Waals surface area contributed by atoms with Crippen LogP contribution in [0, 0.1) is 0 Å². The van der Waals surface area contributed by atoms with Gasteiger partial charge in [-0.1, -0.05) is 11.6 Å². The minimum atomic E-state index is -0.769.